The molecule has 3 aromatic carbocycles. The topological polar surface area (TPSA) is 96.0 Å². The van der Waals surface area contributed by atoms with E-state index in [-0.39, 0.29) is 23.4 Å². The van der Waals surface area contributed by atoms with E-state index in [2.05, 4.69) is 5.32 Å². The molecule has 1 atom stereocenters. The molecule has 0 bridgehead atoms. The van der Waals surface area contributed by atoms with Crippen LogP contribution in [-0.4, -0.2) is 50.4 Å². The normalized spacial score (nSPS) is 14.3. The largest absolute Gasteiger partial charge is 0.494 e. The number of carbonyl (C=O) groups is 2. The minimum atomic E-state index is -4.18. The molecule has 2 amide bonds. The van der Waals surface area contributed by atoms with E-state index in [0.717, 1.165) is 30.0 Å². The molecule has 0 aliphatic heterocycles. The Morgan fingerprint density at radius 3 is 2.19 bits per heavy atom. The summed E-state index contributed by atoms with van der Waals surface area (Å²) in [5.74, 6) is -0.714. The van der Waals surface area contributed by atoms with Crippen LogP contribution in [0.1, 0.15) is 51.5 Å². The molecule has 1 fully saturated rings. The number of halogens is 1. The number of sulfonamides is 1. The van der Waals surface area contributed by atoms with Gasteiger partial charge in [-0.2, -0.15) is 0 Å². The number of amides is 2. The zero-order valence-corrected chi connectivity index (χ0v) is 24.9. The van der Waals surface area contributed by atoms with Crippen LogP contribution in [-0.2, 0) is 26.2 Å². The average Bonchev–Trinajstić information content (AvgIpc) is 3.50. The van der Waals surface area contributed by atoms with Crippen molar-refractivity contribution in [2.45, 2.75) is 69.5 Å². The highest BCUT2D eigenvalue weighted by Gasteiger charge is 2.34. The summed E-state index contributed by atoms with van der Waals surface area (Å²) in [4.78, 5) is 29.0. The Labute approximate surface area is 247 Å². The van der Waals surface area contributed by atoms with Crippen LogP contribution in [0.4, 0.5) is 10.1 Å². The second kappa shape index (κ2) is 14.3. The molecule has 0 radical (unpaired) electrons. The Kier molecular flexibility index (Phi) is 10.6. The van der Waals surface area contributed by atoms with E-state index in [9.17, 15) is 22.4 Å². The van der Waals surface area contributed by atoms with Crippen LogP contribution >= 0.6 is 0 Å². The van der Waals surface area contributed by atoms with Crippen molar-refractivity contribution in [1.82, 2.24) is 10.2 Å². The lowest BCUT2D eigenvalue weighted by Crippen LogP contribution is -2.53. The molecule has 0 unspecified atom stereocenters. The van der Waals surface area contributed by atoms with E-state index < -0.39 is 34.3 Å². The fourth-order valence-corrected chi connectivity index (χ4v) is 6.61. The van der Waals surface area contributed by atoms with Gasteiger partial charge >= 0.3 is 0 Å². The fraction of sp³-hybridized carbons (Fsp3) is 0.375. The van der Waals surface area contributed by atoms with Crippen molar-refractivity contribution in [2.24, 2.45) is 0 Å². The molecule has 1 aliphatic rings. The van der Waals surface area contributed by atoms with E-state index in [1.165, 1.54) is 29.2 Å². The van der Waals surface area contributed by atoms with Crippen LogP contribution in [0.3, 0.4) is 0 Å². The zero-order valence-electron chi connectivity index (χ0n) is 24.0. The predicted octanol–water partition coefficient (Wildman–Crippen LogP) is 5.29. The predicted molar refractivity (Wildman–Crippen MR) is 160 cm³/mol. The second-order valence-corrected chi connectivity index (χ2v) is 12.2. The van der Waals surface area contributed by atoms with Crippen LogP contribution in [0, 0.1) is 5.82 Å². The highest BCUT2D eigenvalue weighted by molar-refractivity contribution is 7.92. The summed E-state index contributed by atoms with van der Waals surface area (Å²) in [7, 11) is -4.18. The van der Waals surface area contributed by atoms with Gasteiger partial charge in [-0.3, -0.25) is 13.9 Å². The minimum absolute atomic E-state index is 0.00120. The number of rotatable bonds is 13. The van der Waals surface area contributed by atoms with E-state index >= 15 is 0 Å². The Morgan fingerprint density at radius 1 is 0.952 bits per heavy atom. The molecule has 0 spiro atoms. The molecule has 4 rings (SSSR count). The summed E-state index contributed by atoms with van der Waals surface area (Å²) < 4.78 is 48.1. The number of hydrogen-bond acceptors (Lipinski definition) is 5. The van der Waals surface area contributed by atoms with Gasteiger partial charge < -0.3 is 15.0 Å². The number of nitrogens with zero attached hydrogens (tertiary/aromatic N) is 2. The lowest BCUT2D eigenvalue weighted by Gasteiger charge is -2.33. The van der Waals surface area contributed by atoms with Crippen LogP contribution < -0.4 is 14.4 Å². The summed E-state index contributed by atoms with van der Waals surface area (Å²) in [6.45, 7) is 3.57. The van der Waals surface area contributed by atoms with E-state index in [1.807, 2.05) is 13.8 Å². The van der Waals surface area contributed by atoms with Crippen LogP contribution in [0.15, 0.2) is 83.8 Å². The maximum atomic E-state index is 14.1. The third-order valence-electron chi connectivity index (χ3n) is 7.40. The monoisotopic (exact) mass is 595 g/mol. The SMILES string of the molecule is CCOc1ccc(S(=O)(=O)N(CC(=O)N(Cc2ccc(F)cc2)[C@@H](CC)C(=O)NC2CCCC2)c2ccccc2)cc1. The Morgan fingerprint density at radius 2 is 1.60 bits per heavy atom. The molecule has 8 nitrogen and oxygen atoms in total. The fourth-order valence-electron chi connectivity index (χ4n) is 5.20. The Hall–Kier alpha value is -3.92. The van der Waals surface area contributed by atoms with Crippen molar-refractivity contribution in [3.63, 3.8) is 0 Å². The third kappa shape index (κ3) is 7.67. The van der Waals surface area contributed by atoms with Gasteiger partial charge in [0.05, 0.1) is 17.2 Å². The molecule has 3 aromatic rings. The van der Waals surface area contributed by atoms with Gasteiger partial charge in [0.1, 0.15) is 24.2 Å². The number of carbonyl (C=O) groups excluding carboxylic acids is 2. The maximum absolute atomic E-state index is 14.1. The van der Waals surface area contributed by atoms with Crippen molar-refractivity contribution >= 4 is 27.5 Å². The number of benzene rings is 3. The van der Waals surface area contributed by atoms with E-state index in [1.54, 1.807) is 54.6 Å². The van der Waals surface area contributed by atoms with Gasteiger partial charge in [-0.1, -0.05) is 50.1 Å². The highest BCUT2D eigenvalue weighted by atomic mass is 32.2. The molecule has 10 heteroatoms. The molecular weight excluding hydrogens is 557 g/mol. The Balaban J connectivity index is 1.68. The van der Waals surface area contributed by atoms with Gasteiger partial charge in [-0.25, -0.2) is 12.8 Å². The molecule has 42 heavy (non-hydrogen) atoms. The lowest BCUT2D eigenvalue weighted by molar-refractivity contribution is -0.140. The lowest BCUT2D eigenvalue weighted by atomic mass is 10.1. The third-order valence-corrected chi connectivity index (χ3v) is 9.19. The van der Waals surface area contributed by atoms with Crippen LogP contribution in [0.25, 0.3) is 0 Å². The molecule has 224 valence electrons. The van der Waals surface area contributed by atoms with Crippen molar-refractivity contribution in [2.75, 3.05) is 17.5 Å². The van der Waals surface area contributed by atoms with Gasteiger partial charge in [0.25, 0.3) is 10.0 Å². The summed E-state index contributed by atoms with van der Waals surface area (Å²) in [5, 5.41) is 3.08. The van der Waals surface area contributed by atoms with Crippen molar-refractivity contribution < 1.29 is 27.1 Å². The number of hydrogen-bond donors (Lipinski definition) is 1. The smallest absolute Gasteiger partial charge is 0.264 e. The van der Waals surface area contributed by atoms with E-state index in [0.29, 0.717) is 30.0 Å². The van der Waals surface area contributed by atoms with Crippen molar-refractivity contribution in [3.05, 3.63) is 90.2 Å². The summed E-state index contributed by atoms with van der Waals surface area (Å²) in [6, 6.07) is 19.3. The first-order chi connectivity index (χ1) is 20.2. The summed E-state index contributed by atoms with van der Waals surface area (Å²) in [5.41, 5.74) is 0.933. The molecule has 1 N–H and O–H groups in total. The number of anilines is 1. The second-order valence-electron chi connectivity index (χ2n) is 10.3. The standard InChI is InChI=1S/C32H38FN3O5S/c1-3-30(32(38)34-26-10-8-9-11-26)35(22-24-14-16-25(33)17-15-24)31(37)23-36(27-12-6-5-7-13-27)42(39,40)29-20-18-28(19-21-29)41-4-2/h5-7,12-21,26,30H,3-4,8-11,22-23H2,1-2H3,(H,34,38)/t30-/m0/s1. The first-order valence-electron chi connectivity index (χ1n) is 14.4. The average molecular weight is 596 g/mol. The van der Waals surface area contributed by atoms with Crippen molar-refractivity contribution in [3.8, 4) is 5.75 Å². The number of para-hydroxylation sites is 1. The maximum Gasteiger partial charge on any atom is 0.264 e. The molecule has 0 heterocycles. The van der Waals surface area contributed by atoms with Gasteiger partial charge in [0.15, 0.2) is 0 Å². The molecule has 0 saturated heterocycles. The van der Waals surface area contributed by atoms with E-state index in [4.69, 9.17) is 4.74 Å². The number of ether oxygens (including phenoxy) is 1. The van der Waals surface area contributed by atoms with Crippen LogP contribution in [0.5, 0.6) is 5.75 Å². The van der Waals surface area contributed by atoms with Crippen molar-refractivity contribution in [1.29, 1.82) is 0 Å². The number of nitrogens with one attached hydrogen (secondary N) is 1. The summed E-state index contributed by atoms with van der Waals surface area (Å²) >= 11 is 0. The first-order valence-corrected chi connectivity index (χ1v) is 15.8. The highest BCUT2D eigenvalue weighted by Crippen LogP contribution is 2.26. The molecule has 1 aliphatic carbocycles. The zero-order chi connectivity index (χ0) is 30.1. The summed E-state index contributed by atoms with van der Waals surface area (Å²) in [6.07, 6.45) is 4.17. The Bertz CT molecular complexity index is 1430. The van der Waals surface area contributed by atoms with Gasteiger partial charge in [0, 0.05) is 12.6 Å². The van der Waals surface area contributed by atoms with Gasteiger partial charge in [0.2, 0.25) is 11.8 Å². The minimum Gasteiger partial charge on any atom is -0.494 e. The van der Waals surface area contributed by atoms with Gasteiger partial charge in [-0.15, -0.1) is 0 Å². The van der Waals surface area contributed by atoms with Crippen LogP contribution in [0.2, 0.25) is 0 Å². The first kappa shape index (κ1) is 31.0. The molecular formula is C32H38FN3O5S. The molecule has 1 saturated carbocycles. The molecule has 0 aromatic heterocycles. The van der Waals surface area contributed by atoms with Gasteiger partial charge in [-0.05, 0) is 80.3 Å². The quantitative estimate of drug-likeness (QED) is 0.290.